The molecule has 0 aromatic rings. The number of hydrogen-bond donors (Lipinski definition) is 0. The van der Waals surface area contributed by atoms with Gasteiger partial charge in [0.2, 0.25) is 0 Å². The van der Waals surface area contributed by atoms with Crippen LogP contribution in [0.5, 0.6) is 0 Å². The van der Waals surface area contributed by atoms with Crippen LogP contribution >= 0.6 is 0 Å². The van der Waals surface area contributed by atoms with Gasteiger partial charge < -0.3 is 9.47 Å². The second-order valence-corrected chi connectivity index (χ2v) is 4.66. The lowest BCUT2D eigenvalue weighted by atomic mass is 9.83. The smallest absolute Gasteiger partial charge is 0.311 e. The summed E-state index contributed by atoms with van der Waals surface area (Å²) in [6.07, 6.45) is 8.64. The van der Waals surface area contributed by atoms with E-state index in [1.807, 2.05) is 6.92 Å². The molecule has 0 aromatic carbocycles. The van der Waals surface area contributed by atoms with Gasteiger partial charge in [-0.1, -0.05) is 24.3 Å². The largest absolute Gasteiger partial charge is 0.466 e. The molecule has 3 nitrogen and oxygen atoms in total. The Hall–Kier alpha value is -1.09. The van der Waals surface area contributed by atoms with E-state index >= 15 is 0 Å². The molecule has 2 fully saturated rings. The van der Waals surface area contributed by atoms with Gasteiger partial charge in [0, 0.05) is 11.8 Å². The molecule has 86 valence electrons. The summed E-state index contributed by atoms with van der Waals surface area (Å²) in [7, 11) is 0. The lowest BCUT2D eigenvalue weighted by Gasteiger charge is -2.28. The molecule has 16 heavy (non-hydrogen) atoms. The van der Waals surface area contributed by atoms with Gasteiger partial charge in [0.1, 0.15) is 0 Å². The van der Waals surface area contributed by atoms with Crippen molar-refractivity contribution in [1.29, 1.82) is 0 Å². The number of hydrogen-bond acceptors (Lipinski definition) is 3. The predicted octanol–water partition coefficient (Wildman–Crippen LogP) is 1.55. The van der Waals surface area contributed by atoms with Crippen LogP contribution in [0.15, 0.2) is 24.3 Å². The number of carbonyl (C=O) groups is 1. The zero-order valence-electron chi connectivity index (χ0n) is 9.34. The van der Waals surface area contributed by atoms with Crippen LogP contribution in [-0.4, -0.2) is 25.3 Å². The van der Waals surface area contributed by atoms with Gasteiger partial charge in [-0.05, 0) is 12.8 Å². The highest BCUT2D eigenvalue weighted by Gasteiger charge is 2.63. The molecular formula is C13H16O3. The molecule has 0 spiro atoms. The van der Waals surface area contributed by atoms with E-state index in [0.29, 0.717) is 24.4 Å². The third-order valence-electron chi connectivity index (χ3n) is 3.79. The molecular weight excluding hydrogens is 204 g/mol. The third-order valence-corrected chi connectivity index (χ3v) is 3.79. The monoisotopic (exact) mass is 220 g/mol. The molecule has 0 amide bonds. The van der Waals surface area contributed by atoms with Crippen molar-refractivity contribution in [2.24, 2.45) is 23.7 Å². The summed E-state index contributed by atoms with van der Waals surface area (Å²) in [4.78, 5) is 11.7. The first-order valence-electron chi connectivity index (χ1n) is 5.96. The number of carbonyl (C=O) groups excluding carboxylic acids is 1. The normalized spacial score (nSPS) is 43.4. The van der Waals surface area contributed by atoms with Gasteiger partial charge in [-0.25, -0.2) is 0 Å². The first kappa shape index (κ1) is 10.1. The van der Waals surface area contributed by atoms with E-state index in [1.165, 1.54) is 0 Å². The summed E-state index contributed by atoms with van der Waals surface area (Å²) in [6, 6.07) is 0. The summed E-state index contributed by atoms with van der Waals surface area (Å²) in [5.41, 5.74) is 0. The van der Waals surface area contributed by atoms with Gasteiger partial charge in [-0.3, -0.25) is 4.79 Å². The SMILES string of the molecule is CCOC(=O)C1C2OCC3C=CC=CC3C21. The fourth-order valence-electron chi connectivity index (χ4n) is 2.98. The average Bonchev–Trinajstić information content (AvgIpc) is 3.04. The highest BCUT2D eigenvalue weighted by Crippen LogP contribution is 2.54. The summed E-state index contributed by atoms with van der Waals surface area (Å²) >= 11 is 0. The molecule has 1 aliphatic heterocycles. The minimum absolute atomic E-state index is 0.0221. The molecule has 0 N–H and O–H groups in total. The zero-order chi connectivity index (χ0) is 11.1. The van der Waals surface area contributed by atoms with Crippen molar-refractivity contribution in [2.75, 3.05) is 13.2 Å². The Morgan fingerprint density at radius 1 is 1.44 bits per heavy atom. The van der Waals surface area contributed by atoms with Crippen molar-refractivity contribution in [3.63, 3.8) is 0 Å². The van der Waals surface area contributed by atoms with Crippen LogP contribution in [0.25, 0.3) is 0 Å². The second kappa shape index (κ2) is 3.74. The van der Waals surface area contributed by atoms with E-state index in [9.17, 15) is 4.79 Å². The van der Waals surface area contributed by atoms with Crippen LogP contribution in [0.4, 0.5) is 0 Å². The van der Waals surface area contributed by atoms with Gasteiger partial charge >= 0.3 is 5.97 Å². The van der Waals surface area contributed by atoms with Crippen molar-refractivity contribution in [2.45, 2.75) is 13.0 Å². The molecule has 3 rings (SSSR count). The maximum Gasteiger partial charge on any atom is 0.311 e. The van der Waals surface area contributed by atoms with Gasteiger partial charge in [0.25, 0.3) is 0 Å². The van der Waals surface area contributed by atoms with Crippen LogP contribution in [0.2, 0.25) is 0 Å². The van der Waals surface area contributed by atoms with Gasteiger partial charge in [0.05, 0.1) is 25.2 Å². The Balaban J connectivity index is 1.73. The molecule has 5 atom stereocenters. The van der Waals surface area contributed by atoms with Crippen LogP contribution in [0, 0.1) is 23.7 Å². The third kappa shape index (κ3) is 1.42. The number of rotatable bonds is 2. The highest BCUT2D eigenvalue weighted by molar-refractivity contribution is 5.77. The summed E-state index contributed by atoms with van der Waals surface area (Å²) in [5, 5.41) is 0. The zero-order valence-corrected chi connectivity index (χ0v) is 9.34. The molecule has 5 unspecified atom stereocenters. The van der Waals surface area contributed by atoms with Crippen molar-refractivity contribution in [1.82, 2.24) is 0 Å². The van der Waals surface area contributed by atoms with Gasteiger partial charge in [0.15, 0.2) is 0 Å². The van der Waals surface area contributed by atoms with E-state index < -0.39 is 0 Å². The van der Waals surface area contributed by atoms with E-state index in [0.717, 1.165) is 6.61 Å². The van der Waals surface area contributed by atoms with E-state index in [1.54, 1.807) is 0 Å². The van der Waals surface area contributed by atoms with E-state index in [-0.39, 0.29) is 18.0 Å². The lowest BCUT2D eigenvalue weighted by molar-refractivity contribution is -0.145. The molecule has 1 saturated carbocycles. The van der Waals surface area contributed by atoms with Crippen LogP contribution in [0.3, 0.4) is 0 Å². The molecule has 3 heteroatoms. The number of esters is 1. The number of fused-ring (bicyclic) bond motifs is 3. The minimum atomic E-state index is -0.0823. The fraction of sp³-hybridized carbons (Fsp3) is 0.615. The van der Waals surface area contributed by atoms with Crippen LogP contribution in [-0.2, 0) is 14.3 Å². The highest BCUT2D eigenvalue weighted by atomic mass is 16.5. The lowest BCUT2D eigenvalue weighted by Crippen LogP contribution is -2.27. The minimum Gasteiger partial charge on any atom is -0.466 e. The molecule has 1 heterocycles. The van der Waals surface area contributed by atoms with E-state index in [4.69, 9.17) is 9.47 Å². The van der Waals surface area contributed by atoms with Crippen molar-refractivity contribution < 1.29 is 14.3 Å². The molecule has 0 radical (unpaired) electrons. The molecule has 1 saturated heterocycles. The van der Waals surface area contributed by atoms with E-state index in [2.05, 4.69) is 24.3 Å². The predicted molar refractivity (Wildman–Crippen MR) is 58.6 cm³/mol. The maximum atomic E-state index is 11.7. The Labute approximate surface area is 95.1 Å². The maximum absolute atomic E-state index is 11.7. The molecule has 0 aromatic heterocycles. The Bertz CT molecular complexity index is 358. The molecule has 0 bridgehead atoms. The van der Waals surface area contributed by atoms with Crippen molar-refractivity contribution >= 4 is 5.97 Å². The van der Waals surface area contributed by atoms with Gasteiger partial charge in [-0.2, -0.15) is 0 Å². The molecule has 2 aliphatic carbocycles. The summed E-state index contributed by atoms with van der Waals surface area (Å²) in [6.45, 7) is 3.04. The Morgan fingerprint density at radius 3 is 3.06 bits per heavy atom. The number of ether oxygens (including phenoxy) is 2. The first-order chi connectivity index (χ1) is 7.83. The summed E-state index contributed by atoms with van der Waals surface area (Å²) in [5.74, 6) is 1.16. The number of allylic oxidation sites excluding steroid dienone is 3. The van der Waals surface area contributed by atoms with Crippen LogP contribution < -0.4 is 0 Å². The van der Waals surface area contributed by atoms with Gasteiger partial charge in [-0.15, -0.1) is 0 Å². The Kier molecular flexibility index (Phi) is 2.36. The first-order valence-corrected chi connectivity index (χ1v) is 5.96. The quantitative estimate of drug-likeness (QED) is 0.662. The summed E-state index contributed by atoms with van der Waals surface area (Å²) < 4.78 is 10.8. The second-order valence-electron chi connectivity index (χ2n) is 4.66. The fourth-order valence-corrected chi connectivity index (χ4v) is 2.98. The standard InChI is InChI=1S/C13H16O3/c1-2-15-13(14)11-10-9-6-4-3-5-8(9)7-16-12(10)11/h3-6,8-12H,2,7H2,1H3. The topological polar surface area (TPSA) is 35.5 Å². The van der Waals surface area contributed by atoms with Crippen LogP contribution in [0.1, 0.15) is 6.92 Å². The van der Waals surface area contributed by atoms with Crippen molar-refractivity contribution in [3.8, 4) is 0 Å². The molecule has 3 aliphatic rings. The Morgan fingerprint density at radius 2 is 2.25 bits per heavy atom. The average molecular weight is 220 g/mol. The van der Waals surface area contributed by atoms with Crippen molar-refractivity contribution in [3.05, 3.63) is 24.3 Å².